The summed E-state index contributed by atoms with van der Waals surface area (Å²) in [5.41, 5.74) is 0.990. The topological polar surface area (TPSA) is 71.1 Å². The second-order valence-corrected chi connectivity index (χ2v) is 5.20. The van der Waals surface area contributed by atoms with Gasteiger partial charge in [0.25, 0.3) is 5.56 Å². The Morgan fingerprint density at radius 3 is 2.71 bits per heavy atom. The third-order valence-electron chi connectivity index (χ3n) is 3.38. The van der Waals surface area contributed by atoms with E-state index in [1.54, 1.807) is 6.07 Å². The average Bonchev–Trinajstić information content (AvgIpc) is 2.52. The van der Waals surface area contributed by atoms with Crippen molar-refractivity contribution in [3.8, 4) is 0 Å². The summed E-state index contributed by atoms with van der Waals surface area (Å²) in [5, 5.41) is 8.79. The van der Waals surface area contributed by atoms with Crippen LogP contribution in [-0.4, -0.2) is 41.5 Å². The van der Waals surface area contributed by atoms with Crippen LogP contribution in [0.2, 0.25) is 5.02 Å². The minimum absolute atomic E-state index is 0.230. The lowest BCUT2D eigenvalue weighted by Crippen LogP contribution is -2.38. The lowest BCUT2D eigenvalue weighted by atomic mass is 10.1. The van der Waals surface area contributed by atoms with Crippen LogP contribution >= 0.6 is 11.6 Å². The van der Waals surface area contributed by atoms with Crippen molar-refractivity contribution in [2.45, 2.75) is 6.42 Å². The predicted octanol–water partition coefficient (Wildman–Crippen LogP) is 1.25. The molecule has 0 atom stereocenters. The fraction of sp³-hybridized carbons (Fsp3) is 0.357. The molecular weight excluding hydrogens is 292 g/mol. The summed E-state index contributed by atoms with van der Waals surface area (Å²) in [7, 11) is 0. The minimum atomic E-state index is -0.230. The highest BCUT2D eigenvalue weighted by Crippen LogP contribution is 2.17. The van der Waals surface area contributed by atoms with Gasteiger partial charge in [0.1, 0.15) is 5.69 Å². The third-order valence-corrected chi connectivity index (χ3v) is 3.75. The van der Waals surface area contributed by atoms with Crippen LogP contribution in [0, 0.1) is 0 Å². The summed E-state index contributed by atoms with van der Waals surface area (Å²) in [4.78, 5) is 16.9. The molecule has 2 aromatic rings. The van der Waals surface area contributed by atoms with Crippen molar-refractivity contribution in [1.29, 1.82) is 0 Å². The Bertz CT molecular complexity index is 683. The molecule has 1 fully saturated rings. The molecular formula is C14H15ClN4O2. The molecule has 2 heterocycles. The monoisotopic (exact) mass is 306 g/mol. The van der Waals surface area contributed by atoms with Crippen molar-refractivity contribution in [2.75, 3.05) is 31.2 Å². The number of benzene rings is 1. The van der Waals surface area contributed by atoms with Crippen LogP contribution in [0.4, 0.5) is 5.95 Å². The van der Waals surface area contributed by atoms with Gasteiger partial charge in [0.05, 0.1) is 13.2 Å². The van der Waals surface area contributed by atoms with Gasteiger partial charge in [-0.1, -0.05) is 29.8 Å². The Labute approximate surface area is 126 Å². The van der Waals surface area contributed by atoms with Gasteiger partial charge in [-0.15, -0.1) is 10.2 Å². The van der Waals surface area contributed by atoms with Gasteiger partial charge in [0.15, 0.2) is 0 Å². The number of anilines is 1. The molecule has 1 aliphatic heterocycles. The van der Waals surface area contributed by atoms with Gasteiger partial charge < -0.3 is 9.64 Å². The van der Waals surface area contributed by atoms with E-state index < -0.39 is 0 Å². The van der Waals surface area contributed by atoms with Gasteiger partial charge in [-0.25, -0.2) is 0 Å². The lowest BCUT2D eigenvalue weighted by molar-refractivity contribution is 0.122. The van der Waals surface area contributed by atoms with Gasteiger partial charge in [0, 0.05) is 24.5 Å². The lowest BCUT2D eigenvalue weighted by Gasteiger charge is -2.26. The second-order valence-electron chi connectivity index (χ2n) is 4.79. The van der Waals surface area contributed by atoms with Gasteiger partial charge >= 0.3 is 0 Å². The summed E-state index contributed by atoms with van der Waals surface area (Å²) in [6.45, 7) is 2.67. The van der Waals surface area contributed by atoms with Crippen molar-refractivity contribution >= 4 is 17.5 Å². The van der Waals surface area contributed by atoms with E-state index in [-0.39, 0.29) is 5.56 Å². The number of hydrogen-bond donors (Lipinski definition) is 1. The highest BCUT2D eigenvalue weighted by molar-refractivity contribution is 6.31. The van der Waals surface area contributed by atoms with Crippen LogP contribution in [-0.2, 0) is 11.2 Å². The van der Waals surface area contributed by atoms with Gasteiger partial charge in [0.2, 0.25) is 5.95 Å². The molecule has 1 saturated heterocycles. The number of ether oxygens (including phenoxy) is 1. The summed E-state index contributed by atoms with van der Waals surface area (Å²) in [6.07, 6.45) is 0.366. The standard InChI is InChI=1S/C14H15ClN4O2/c15-11-4-2-1-3-10(11)9-12-13(20)16-14(18-17-12)19-5-7-21-8-6-19/h1-4H,5-9H2,(H,16,18,20). The minimum Gasteiger partial charge on any atom is -0.378 e. The van der Waals surface area contributed by atoms with E-state index in [1.165, 1.54) is 0 Å². The predicted molar refractivity (Wildman–Crippen MR) is 79.9 cm³/mol. The Kier molecular flexibility index (Phi) is 4.17. The van der Waals surface area contributed by atoms with Crippen molar-refractivity contribution in [1.82, 2.24) is 15.2 Å². The van der Waals surface area contributed by atoms with Gasteiger partial charge in [-0.05, 0) is 11.6 Å². The molecule has 0 radical (unpaired) electrons. The van der Waals surface area contributed by atoms with Crippen LogP contribution in [0.15, 0.2) is 29.1 Å². The number of halogens is 1. The van der Waals surface area contributed by atoms with Gasteiger partial charge in [-0.3, -0.25) is 9.78 Å². The number of aromatic amines is 1. The molecule has 1 N–H and O–H groups in total. The van der Waals surface area contributed by atoms with Crippen molar-refractivity contribution in [2.24, 2.45) is 0 Å². The zero-order valence-electron chi connectivity index (χ0n) is 11.4. The molecule has 1 aromatic carbocycles. The summed E-state index contributed by atoms with van der Waals surface area (Å²) >= 11 is 6.10. The molecule has 0 saturated carbocycles. The third kappa shape index (κ3) is 3.22. The van der Waals surface area contributed by atoms with E-state index >= 15 is 0 Å². The molecule has 1 aromatic heterocycles. The molecule has 21 heavy (non-hydrogen) atoms. The first-order chi connectivity index (χ1) is 10.2. The van der Waals surface area contributed by atoms with Crippen molar-refractivity contribution < 1.29 is 4.74 Å². The van der Waals surface area contributed by atoms with Crippen molar-refractivity contribution in [3.63, 3.8) is 0 Å². The van der Waals surface area contributed by atoms with E-state index in [0.29, 0.717) is 49.4 Å². The molecule has 110 valence electrons. The Morgan fingerprint density at radius 2 is 2.00 bits per heavy atom. The Balaban J connectivity index is 1.81. The fourth-order valence-electron chi connectivity index (χ4n) is 2.21. The van der Waals surface area contributed by atoms with E-state index in [9.17, 15) is 4.79 Å². The van der Waals surface area contributed by atoms with Crippen LogP contribution in [0.5, 0.6) is 0 Å². The molecule has 3 rings (SSSR count). The average molecular weight is 307 g/mol. The molecule has 0 bridgehead atoms. The molecule has 1 aliphatic rings. The zero-order valence-corrected chi connectivity index (χ0v) is 12.1. The zero-order chi connectivity index (χ0) is 14.7. The van der Waals surface area contributed by atoms with E-state index in [4.69, 9.17) is 16.3 Å². The van der Waals surface area contributed by atoms with Crippen LogP contribution in [0.1, 0.15) is 11.3 Å². The smallest absolute Gasteiger partial charge is 0.274 e. The largest absolute Gasteiger partial charge is 0.378 e. The number of nitrogens with one attached hydrogen (secondary N) is 1. The molecule has 0 unspecified atom stereocenters. The van der Waals surface area contributed by atoms with Crippen LogP contribution in [0.25, 0.3) is 0 Å². The first kappa shape index (κ1) is 14.0. The molecule has 0 aliphatic carbocycles. The number of nitrogens with zero attached hydrogens (tertiary/aromatic N) is 3. The van der Waals surface area contributed by atoms with E-state index in [1.807, 2.05) is 23.1 Å². The van der Waals surface area contributed by atoms with Crippen LogP contribution in [0.3, 0.4) is 0 Å². The maximum Gasteiger partial charge on any atom is 0.274 e. The maximum atomic E-state index is 12.1. The van der Waals surface area contributed by atoms with Crippen molar-refractivity contribution in [3.05, 3.63) is 50.9 Å². The number of hydrogen-bond acceptors (Lipinski definition) is 5. The highest BCUT2D eigenvalue weighted by atomic mass is 35.5. The molecule has 6 nitrogen and oxygen atoms in total. The summed E-state index contributed by atoms with van der Waals surface area (Å²) < 4.78 is 5.27. The maximum absolute atomic E-state index is 12.1. The number of rotatable bonds is 3. The summed E-state index contributed by atoms with van der Waals surface area (Å²) in [6, 6.07) is 7.40. The first-order valence-corrected chi connectivity index (χ1v) is 7.14. The Morgan fingerprint density at radius 1 is 1.24 bits per heavy atom. The molecule has 7 heteroatoms. The molecule has 0 spiro atoms. The van der Waals surface area contributed by atoms with E-state index in [2.05, 4.69) is 15.2 Å². The first-order valence-electron chi connectivity index (χ1n) is 6.76. The number of morpholine rings is 1. The number of aromatic nitrogens is 3. The van der Waals surface area contributed by atoms with E-state index in [0.717, 1.165) is 5.56 Å². The molecule has 0 amide bonds. The quantitative estimate of drug-likeness (QED) is 0.924. The SMILES string of the molecule is O=c1[nH]c(N2CCOCC2)nnc1Cc1ccccc1Cl. The Hall–Kier alpha value is -1.92. The number of H-pyrrole nitrogens is 1. The normalized spacial score (nSPS) is 15.2. The summed E-state index contributed by atoms with van der Waals surface area (Å²) in [5.74, 6) is 0.492. The van der Waals surface area contributed by atoms with Gasteiger partial charge in [-0.2, -0.15) is 0 Å². The fourth-order valence-corrected chi connectivity index (χ4v) is 2.41. The highest BCUT2D eigenvalue weighted by Gasteiger charge is 2.15. The second kappa shape index (κ2) is 6.24. The van der Waals surface area contributed by atoms with Crippen LogP contribution < -0.4 is 10.5 Å².